The van der Waals surface area contributed by atoms with E-state index in [0.29, 0.717) is 11.6 Å². The van der Waals surface area contributed by atoms with Crippen molar-refractivity contribution in [1.82, 2.24) is 0 Å². The van der Waals surface area contributed by atoms with Crippen LogP contribution in [0.25, 0.3) is 0 Å². The largest absolute Gasteiger partial charge is 0.491 e. The summed E-state index contributed by atoms with van der Waals surface area (Å²) in [5.41, 5.74) is -1.56. The molecule has 0 heterocycles. The number of ether oxygens (including phenoxy) is 3. The third-order valence-electron chi connectivity index (χ3n) is 10.3. The highest BCUT2D eigenvalue weighted by Gasteiger charge is 2.95. The number of allylic oxidation sites excluding steroid dienone is 2. The number of hydrogen-bond acceptors (Lipinski definition) is 6. The number of rotatable bonds is 24. The van der Waals surface area contributed by atoms with Gasteiger partial charge in [0.15, 0.2) is 8.32 Å². The van der Waals surface area contributed by atoms with Gasteiger partial charge in [0.25, 0.3) is 0 Å². The molecule has 0 radical (unpaired) electrons. The topological polar surface area (TPSA) is 83.1 Å². The van der Waals surface area contributed by atoms with Crippen LogP contribution in [0.3, 0.4) is 0 Å². The van der Waals surface area contributed by atoms with Gasteiger partial charge in [0.05, 0.1) is 18.9 Å². The first kappa shape index (κ1) is 59.4. The molecule has 386 valence electrons. The van der Waals surface area contributed by atoms with Gasteiger partial charge in [0.2, 0.25) is 0 Å². The van der Waals surface area contributed by atoms with Crippen LogP contribution >= 0.6 is 0 Å². The molecule has 0 aromatic heterocycles. The predicted molar refractivity (Wildman–Crippen MR) is 207 cm³/mol. The third-order valence-corrected chi connectivity index (χ3v) is 16.0. The van der Waals surface area contributed by atoms with Gasteiger partial charge in [-0.25, -0.2) is 18.4 Å². The Morgan fingerprint density at radius 3 is 1.71 bits per heavy atom. The molecule has 27 heteroatoms. The molecular weight excluding hydrogens is 992 g/mol. The Kier molecular flexibility index (Phi) is 19.2. The van der Waals surface area contributed by atoms with Gasteiger partial charge < -0.3 is 18.6 Å². The Bertz CT molecular complexity index is 2070. The van der Waals surface area contributed by atoms with Gasteiger partial charge in [0, 0.05) is 25.0 Å². The van der Waals surface area contributed by atoms with Crippen LogP contribution in [0.15, 0.2) is 66.3 Å². The van der Waals surface area contributed by atoms with Crippen LogP contribution in [0.5, 0.6) is 5.75 Å². The zero-order valence-electron chi connectivity index (χ0n) is 36.4. The van der Waals surface area contributed by atoms with Crippen LogP contribution in [0, 0.1) is 11.6 Å². The summed E-state index contributed by atoms with van der Waals surface area (Å²) in [7, 11) is -4.05. The molecule has 0 saturated heterocycles. The Morgan fingerprint density at radius 1 is 0.706 bits per heavy atom. The van der Waals surface area contributed by atoms with Gasteiger partial charge in [0.1, 0.15) is 30.1 Å². The molecule has 2 aromatic carbocycles. The molecule has 2 rings (SSSR count). The van der Waals surface area contributed by atoms with Crippen LogP contribution in [-0.4, -0.2) is 87.8 Å². The van der Waals surface area contributed by atoms with Crippen LogP contribution < -0.4 is 10.1 Å². The number of amides is 1. The van der Waals surface area contributed by atoms with Crippen LogP contribution in [0.1, 0.15) is 66.1 Å². The summed E-state index contributed by atoms with van der Waals surface area (Å²) in [6, 6.07) is 6.32. The van der Waals surface area contributed by atoms with E-state index in [-0.39, 0.29) is 24.3 Å². The van der Waals surface area contributed by atoms with E-state index in [9.17, 15) is 84.2 Å². The molecule has 1 amide bonds. The molecule has 0 fully saturated rings. The van der Waals surface area contributed by atoms with Gasteiger partial charge in [-0.3, -0.25) is 5.32 Å². The maximum Gasteiger partial charge on any atom is 0.460 e. The van der Waals surface area contributed by atoms with Crippen molar-refractivity contribution in [2.45, 2.75) is 125 Å². The van der Waals surface area contributed by atoms with Crippen molar-refractivity contribution in [1.29, 1.82) is 0 Å². The standard InChI is InChI=1S/C41H44F19NO6Si/c1-7-64-32(62)21-25(6)9-8-10-31(67-33(63)61-30-16-13-27(42)22-29(30)43)26-11-14-28(15-12-26)65-18-19-66-68(23(2)3,24(4)5)20-17-34(44,45)35(46,47)36(48,49)37(50,51)38(52,53)39(54,55)40(56,57)41(58,59)60/h8-9,11-16,21-24,31H,7,10,17-20H2,1-6H3,(H,61,63)/b9-8+,25-21+/t31-/m1/s1. The van der Waals surface area contributed by atoms with Gasteiger partial charge in [-0.15, -0.1) is 0 Å². The van der Waals surface area contributed by atoms with E-state index in [2.05, 4.69) is 5.32 Å². The molecule has 68 heavy (non-hydrogen) atoms. The lowest BCUT2D eigenvalue weighted by atomic mass is 9.88. The van der Waals surface area contributed by atoms with Gasteiger partial charge in [-0.1, -0.05) is 52.0 Å². The molecule has 0 aliphatic carbocycles. The second kappa shape index (κ2) is 21.9. The normalized spacial score (nSPS) is 14.7. The fourth-order valence-electron chi connectivity index (χ4n) is 6.43. The van der Waals surface area contributed by atoms with Crippen molar-refractivity contribution in [2.75, 3.05) is 25.1 Å². The van der Waals surface area contributed by atoms with E-state index < -0.39 is 128 Å². The quantitative estimate of drug-likeness (QED) is 0.0282. The summed E-state index contributed by atoms with van der Waals surface area (Å²) in [4.78, 5) is 24.5. The lowest BCUT2D eigenvalue weighted by Gasteiger charge is -2.44. The molecule has 0 spiro atoms. The number of alkyl halides is 17. The average molecular weight is 1040 g/mol. The molecule has 1 atom stereocenters. The summed E-state index contributed by atoms with van der Waals surface area (Å²) in [5, 5.41) is 2.12. The van der Waals surface area contributed by atoms with Gasteiger partial charge >= 0.3 is 59.7 Å². The average Bonchev–Trinajstić information content (AvgIpc) is 3.20. The zero-order chi connectivity index (χ0) is 52.7. The van der Waals surface area contributed by atoms with Crippen LogP contribution in [0.4, 0.5) is 93.9 Å². The molecule has 0 aliphatic rings. The van der Waals surface area contributed by atoms with E-state index in [1.807, 2.05) is 0 Å². The van der Waals surface area contributed by atoms with Crippen molar-refractivity contribution < 1.29 is 112 Å². The number of hydrogen-bond donors (Lipinski definition) is 1. The Labute approximate surface area is 377 Å². The predicted octanol–water partition coefficient (Wildman–Crippen LogP) is 14.3. The number of carbonyl (C=O) groups excluding carboxylic acids is 2. The Morgan fingerprint density at radius 2 is 1.22 bits per heavy atom. The van der Waals surface area contributed by atoms with Crippen molar-refractivity contribution in [3.8, 4) is 5.75 Å². The number of anilines is 1. The molecular formula is C41H44F19NO6Si. The SMILES string of the molecule is CCOC(=O)/C=C(C)/C=C/C[C@@H](OC(=O)Nc1ccc(F)cc1F)c1ccc(OCCO[Si](CCC(F)(F)C(F)(F)C(F)(F)C(F)(F)C(F)(F)C(F)(F)C(F)(F)C(F)(F)F)(C(C)C)C(C)C)cc1. The minimum Gasteiger partial charge on any atom is -0.491 e. The lowest BCUT2D eigenvalue weighted by Crippen LogP contribution is -2.74. The number of benzene rings is 2. The molecule has 1 N–H and O–H groups in total. The highest BCUT2D eigenvalue weighted by Crippen LogP contribution is 2.64. The van der Waals surface area contributed by atoms with E-state index in [4.69, 9.17) is 18.6 Å². The second-order valence-electron chi connectivity index (χ2n) is 15.6. The third kappa shape index (κ3) is 12.5. The van der Waals surface area contributed by atoms with Crippen LogP contribution in [0.2, 0.25) is 17.1 Å². The summed E-state index contributed by atoms with van der Waals surface area (Å²) < 4.78 is 285. The first-order chi connectivity index (χ1) is 30.8. The van der Waals surface area contributed by atoms with Crippen molar-refractivity contribution >= 4 is 26.1 Å². The smallest absolute Gasteiger partial charge is 0.460 e. The first-order valence-electron chi connectivity index (χ1n) is 19.8. The number of esters is 1. The minimum absolute atomic E-state index is 0.0452. The fraction of sp³-hybridized carbons (Fsp3) is 0.561. The molecule has 2 aromatic rings. The number of carbonyl (C=O) groups is 2. The zero-order valence-corrected chi connectivity index (χ0v) is 37.4. The maximum atomic E-state index is 15.0. The summed E-state index contributed by atoms with van der Waals surface area (Å²) >= 11 is 0. The van der Waals surface area contributed by atoms with E-state index in [0.717, 1.165) is 12.1 Å². The van der Waals surface area contributed by atoms with Crippen LogP contribution in [-0.2, 0) is 18.7 Å². The summed E-state index contributed by atoms with van der Waals surface area (Å²) in [5.74, 6) is -59.6. The molecule has 0 bridgehead atoms. The minimum atomic E-state index is -8.72. The molecule has 0 aliphatic heterocycles. The maximum absolute atomic E-state index is 15.0. The summed E-state index contributed by atoms with van der Waals surface area (Å²) in [6.07, 6.45) is -8.65. The van der Waals surface area contributed by atoms with Crippen molar-refractivity contribution in [3.63, 3.8) is 0 Å². The van der Waals surface area contributed by atoms with Crippen molar-refractivity contribution in [2.24, 2.45) is 0 Å². The first-order valence-corrected chi connectivity index (χ1v) is 22.1. The van der Waals surface area contributed by atoms with Crippen molar-refractivity contribution in [3.05, 3.63) is 83.5 Å². The molecule has 7 nitrogen and oxygen atoms in total. The van der Waals surface area contributed by atoms with E-state index in [1.165, 1.54) is 70.2 Å². The Hall–Kier alpha value is -4.69. The monoisotopic (exact) mass is 1040 g/mol. The van der Waals surface area contributed by atoms with E-state index >= 15 is 8.78 Å². The Balaban J connectivity index is 2.31. The van der Waals surface area contributed by atoms with Gasteiger partial charge in [-0.2, -0.15) is 74.6 Å². The van der Waals surface area contributed by atoms with Gasteiger partial charge in [-0.05, 0) is 66.4 Å². The molecule has 0 saturated carbocycles. The highest BCUT2D eigenvalue weighted by atomic mass is 28.4. The second-order valence-corrected chi connectivity index (χ2v) is 20.6. The lowest BCUT2D eigenvalue weighted by molar-refractivity contribution is -0.461. The number of halogens is 19. The van der Waals surface area contributed by atoms with E-state index in [1.54, 1.807) is 13.8 Å². The fourth-order valence-corrected chi connectivity index (χ4v) is 10.9. The number of nitrogens with one attached hydrogen (secondary N) is 1. The molecule has 0 unspecified atom stereocenters. The summed E-state index contributed by atoms with van der Waals surface area (Å²) in [6.45, 7) is 7.35. The highest BCUT2D eigenvalue weighted by molar-refractivity contribution is 6.76.